The summed E-state index contributed by atoms with van der Waals surface area (Å²) in [5, 5.41) is 6.76. The SMILES string of the molecule is CCNC(=NCc1ccc(Cn2ccnc2)cc1)NCCCc1ccc(OC)c(OCC)c1.I. The van der Waals surface area contributed by atoms with E-state index in [2.05, 4.69) is 63.5 Å². The van der Waals surface area contributed by atoms with Crippen molar-refractivity contribution in [3.8, 4) is 11.5 Å². The van der Waals surface area contributed by atoms with Crippen LogP contribution in [0.4, 0.5) is 0 Å². The summed E-state index contributed by atoms with van der Waals surface area (Å²) < 4.78 is 13.1. The second-order valence-corrected chi connectivity index (χ2v) is 7.70. The van der Waals surface area contributed by atoms with Crippen LogP contribution in [0.15, 0.2) is 66.2 Å². The third kappa shape index (κ3) is 8.89. The van der Waals surface area contributed by atoms with E-state index in [-0.39, 0.29) is 24.0 Å². The molecule has 2 N–H and O–H groups in total. The molecule has 0 unspecified atom stereocenters. The predicted octanol–water partition coefficient (Wildman–Crippen LogP) is 4.64. The van der Waals surface area contributed by atoms with Crippen molar-refractivity contribution in [2.75, 3.05) is 26.8 Å². The Morgan fingerprint density at radius 2 is 1.76 bits per heavy atom. The van der Waals surface area contributed by atoms with Crippen LogP contribution in [0.2, 0.25) is 0 Å². The average Bonchev–Trinajstić information content (AvgIpc) is 3.34. The van der Waals surface area contributed by atoms with Crippen molar-refractivity contribution < 1.29 is 9.47 Å². The van der Waals surface area contributed by atoms with Crippen molar-refractivity contribution in [3.05, 3.63) is 77.9 Å². The number of methoxy groups -OCH3 is 1. The highest BCUT2D eigenvalue weighted by molar-refractivity contribution is 14.0. The molecule has 0 atom stereocenters. The molecule has 7 nitrogen and oxygen atoms in total. The van der Waals surface area contributed by atoms with Gasteiger partial charge in [0.2, 0.25) is 0 Å². The monoisotopic (exact) mass is 577 g/mol. The number of ether oxygens (including phenoxy) is 2. The smallest absolute Gasteiger partial charge is 0.191 e. The highest BCUT2D eigenvalue weighted by Crippen LogP contribution is 2.28. The minimum absolute atomic E-state index is 0. The molecule has 0 saturated carbocycles. The topological polar surface area (TPSA) is 72.7 Å². The maximum atomic E-state index is 5.68. The number of aryl methyl sites for hydroxylation is 1. The summed E-state index contributed by atoms with van der Waals surface area (Å²) in [5.74, 6) is 2.41. The number of imidazole rings is 1. The Bertz CT molecular complexity index is 991. The van der Waals surface area contributed by atoms with E-state index < -0.39 is 0 Å². The van der Waals surface area contributed by atoms with E-state index in [1.807, 2.05) is 25.5 Å². The third-order valence-electron chi connectivity index (χ3n) is 5.17. The molecular weight excluding hydrogens is 541 g/mol. The summed E-state index contributed by atoms with van der Waals surface area (Å²) in [4.78, 5) is 8.83. The van der Waals surface area contributed by atoms with E-state index in [0.717, 1.165) is 49.9 Å². The molecule has 0 bridgehead atoms. The van der Waals surface area contributed by atoms with Crippen LogP contribution >= 0.6 is 24.0 Å². The number of rotatable bonds is 12. The molecule has 8 heteroatoms. The van der Waals surface area contributed by atoms with Crippen molar-refractivity contribution in [3.63, 3.8) is 0 Å². The van der Waals surface area contributed by atoms with Crippen LogP contribution in [0.1, 0.15) is 37.0 Å². The number of halogens is 1. The van der Waals surface area contributed by atoms with Crippen LogP contribution < -0.4 is 20.1 Å². The van der Waals surface area contributed by atoms with E-state index in [0.29, 0.717) is 13.2 Å². The van der Waals surface area contributed by atoms with Gasteiger partial charge in [0.15, 0.2) is 17.5 Å². The van der Waals surface area contributed by atoms with Crippen molar-refractivity contribution >= 4 is 29.9 Å². The lowest BCUT2D eigenvalue weighted by atomic mass is 10.1. The van der Waals surface area contributed by atoms with Gasteiger partial charge in [-0.2, -0.15) is 0 Å². The van der Waals surface area contributed by atoms with Gasteiger partial charge in [0.05, 0.1) is 26.6 Å². The fourth-order valence-electron chi connectivity index (χ4n) is 3.50. The molecule has 3 aromatic rings. The summed E-state index contributed by atoms with van der Waals surface area (Å²) in [6.07, 6.45) is 7.55. The maximum Gasteiger partial charge on any atom is 0.191 e. The van der Waals surface area contributed by atoms with Gasteiger partial charge in [0.1, 0.15) is 0 Å². The Morgan fingerprint density at radius 1 is 1.00 bits per heavy atom. The van der Waals surface area contributed by atoms with Crippen LogP contribution in [0.5, 0.6) is 11.5 Å². The lowest BCUT2D eigenvalue weighted by molar-refractivity contribution is 0.310. The lowest BCUT2D eigenvalue weighted by Gasteiger charge is -2.13. The van der Waals surface area contributed by atoms with Crippen LogP contribution in [-0.2, 0) is 19.5 Å². The average molecular weight is 578 g/mol. The molecule has 0 saturated heterocycles. The van der Waals surface area contributed by atoms with Gasteiger partial charge in [0, 0.05) is 32.0 Å². The normalized spacial score (nSPS) is 11.0. The van der Waals surface area contributed by atoms with Gasteiger partial charge in [-0.3, -0.25) is 0 Å². The van der Waals surface area contributed by atoms with E-state index in [1.54, 1.807) is 13.3 Å². The zero-order valence-corrected chi connectivity index (χ0v) is 22.6. The van der Waals surface area contributed by atoms with Crippen molar-refractivity contribution in [2.24, 2.45) is 4.99 Å². The standard InChI is InChI=1S/C26H35N5O2.HI/c1-4-28-26(29-14-6-7-21-12-13-24(32-3)25(17-21)33-5-2)30-18-22-8-10-23(11-9-22)19-31-16-15-27-20-31;/h8-13,15-17,20H,4-7,14,18-19H2,1-3H3,(H2,28,29,30);1H. The van der Waals surface area contributed by atoms with Crippen LogP contribution in [0.3, 0.4) is 0 Å². The van der Waals surface area contributed by atoms with E-state index >= 15 is 0 Å². The molecular formula is C26H36IN5O2. The third-order valence-corrected chi connectivity index (χ3v) is 5.17. The van der Waals surface area contributed by atoms with Gasteiger partial charge in [0.25, 0.3) is 0 Å². The first-order valence-electron chi connectivity index (χ1n) is 11.6. The second-order valence-electron chi connectivity index (χ2n) is 7.70. The number of aromatic nitrogens is 2. The Kier molecular flexibility index (Phi) is 12.3. The molecule has 2 aromatic carbocycles. The molecule has 0 radical (unpaired) electrons. The van der Waals surface area contributed by atoms with E-state index in [9.17, 15) is 0 Å². The molecule has 1 heterocycles. The molecule has 0 aliphatic heterocycles. The van der Waals surface area contributed by atoms with Crippen molar-refractivity contribution in [1.82, 2.24) is 20.2 Å². The summed E-state index contributed by atoms with van der Waals surface area (Å²) in [6.45, 7) is 7.81. The van der Waals surface area contributed by atoms with Gasteiger partial charge >= 0.3 is 0 Å². The van der Waals surface area contributed by atoms with Gasteiger partial charge in [-0.25, -0.2) is 9.98 Å². The van der Waals surface area contributed by atoms with Crippen LogP contribution in [-0.4, -0.2) is 42.3 Å². The first-order chi connectivity index (χ1) is 16.2. The quantitative estimate of drug-likeness (QED) is 0.142. The summed E-state index contributed by atoms with van der Waals surface area (Å²) >= 11 is 0. The number of hydrogen-bond donors (Lipinski definition) is 2. The Morgan fingerprint density at radius 3 is 2.44 bits per heavy atom. The molecule has 184 valence electrons. The largest absolute Gasteiger partial charge is 0.493 e. The first kappa shape index (κ1) is 27.5. The fraction of sp³-hybridized carbons (Fsp3) is 0.385. The molecule has 0 aliphatic carbocycles. The van der Waals surface area contributed by atoms with Gasteiger partial charge in [-0.15, -0.1) is 24.0 Å². The minimum Gasteiger partial charge on any atom is -0.493 e. The summed E-state index contributed by atoms with van der Waals surface area (Å²) in [6, 6.07) is 14.7. The fourth-order valence-corrected chi connectivity index (χ4v) is 3.50. The lowest BCUT2D eigenvalue weighted by Crippen LogP contribution is -2.37. The summed E-state index contributed by atoms with van der Waals surface area (Å²) in [5.41, 5.74) is 3.67. The van der Waals surface area contributed by atoms with Crippen molar-refractivity contribution in [2.45, 2.75) is 39.8 Å². The number of aliphatic imine (C=N–C) groups is 1. The highest BCUT2D eigenvalue weighted by Gasteiger charge is 2.06. The molecule has 34 heavy (non-hydrogen) atoms. The van der Waals surface area contributed by atoms with E-state index in [1.165, 1.54) is 16.7 Å². The number of benzene rings is 2. The maximum absolute atomic E-state index is 5.68. The molecule has 0 aliphatic rings. The first-order valence-corrected chi connectivity index (χ1v) is 11.6. The number of nitrogens with zero attached hydrogens (tertiary/aromatic N) is 3. The summed E-state index contributed by atoms with van der Waals surface area (Å²) in [7, 11) is 1.67. The predicted molar refractivity (Wildman–Crippen MR) is 148 cm³/mol. The van der Waals surface area contributed by atoms with Gasteiger partial charge in [-0.1, -0.05) is 30.3 Å². The Hall–Kier alpha value is -2.75. The van der Waals surface area contributed by atoms with Gasteiger partial charge in [-0.05, 0) is 55.5 Å². The van der Waals surface area contributed by atoms with Crippen LogP contribution in [0.25, 0.3) is 0 Å². The Balaban J connectivity index is 0.00000408. The highest BCUT2D eigenvalue weighted by atomic mass is 127. The van der Waals surface area contributed by atoms with Crippen LogP contribution in [0, 0.1) is 0 Å². The zero-order chi connectivity index (χ0) is 23.3. The second kappa shape index (κ2) is 15.2. The molecule has 0 spiro atoms. The molecule has 0 amide bonds. The Labute approximate surface area is 220 Å². The molecule has 1 aromatic heterocycles. The van der Waals surface area contributed by atoms with E-state index in [4.69, 9.17) is 14.5 Å². The molecule has 3 rings (SSSR count). The number of hydrogen-bond acceptors (Lipinski definition) is 4. The van der Waals surface area contributed by atoms with Gasteiger partial charge < -0.3 is 24.7 Å². The molecule has 0 fully saturated rings. The number of guanidine groups is 1. The minimum atomic E-state index is 0. The number of nitrogens with one attached hydrogen (secondary N) is 2. The zero-order valence-electron chi connectivity index (χ0n) is 20.3. The van der Waals surface area contributed by atoms with Crippen molar-refractivity contribution in [1.29, 1.82) is 0 Å².